The highest BCUT2D eigenvalue weighted by molar-refractivity contribution is 5.82. The van der Waals surface area contributed by atoms with E-state index in [4.69, 9.17) is 0 Å². The fraction of sp³-hybridized carbons (Fsp3) is 0.533. The first-order valence-corrected chi connectivity index (χ1v) is 6.90. The average molecular weight is 261 g/mol. The van der Waals surface area contributed by atoms with Crippen LogP contribution in [0.3, 0.4) is 0 Å². The van der Waals surface area contributed by atoms with Crippen molar-refractivity contribution in [1.82, 2.24) is 15.5 Å². The molecule has 0 aliphatic carbocycles. The molecule has 1 fully saturated rings. The van der Waals surface area contributed by atoms with Crippen LogP contribution in [0.4, 0.5) is 0 Å². The number of likely N-dealkylation sites (N-methyl/N-ethyl adjacent to an activating group) is 1. The molecule has 1 amide bonds. The van der Waals surface area contributed by atoms with Crippen LogP contribution in [0.25, 0.3) is 0 Å². The lowest BCUT2D eigenvalue weighted by Crippen LogP contribution is -2.44. The minimum absolute atomic E-state index is 0.0200. The molecule has 1 unspecified atom stereocenters. The summed E-state index contributed by atoms with van der Waals surface area (Å²) in [6, 6.07) is 10.2. The largest absolute Gasteiger partial charge is 0.347 e. The van der Waals surface area contributed by atoms with Crippen LogP contribution >= 0.6 is 0 Å². The van der Waals surface area contributed by atoms with Crippen LogP contribution < -0.4 is 10.6 Å². The SMILES string of the molecule is CN(C)CC(NC(=O)[C@H]1CCCN1)c1ccccc1. The standard InChI is InChI=1S/C15H23N3O/c1-18(2)11-14(12-7-4-3-5-8-12)17-15(19)13-9-6-10-16-13/h3-5,7-8,13-14,16H,6,9-11H2,1-2H3,(H,17,19)/t13-,14?/m1/s1. The highest BCUT2D eigenvalue weighted by Crippen LogP contribution is 2.14. The average Bonchev–Trinajstić information content (AvgIpc) is 2.92. The number of carbonyl (C=O) groups excluding carboxylic acids is 1. The zero-order chi connectivity index (χ0) is 13.7. The second kappa shape index (κ2) is 6.68. The summed E-state index contributed by atoms with van der Waals surface area (Å²) < 4.78 is 0. The van der Waals surface area contributed by atoms with E-state index in [0.717, 1.165) is 31.5 Å². The quantitative estimate of drug-likeness (QED) is 0.836. The van der Waals surface area contributed by atoms with Crippen molar-refractivity contribution in [2.75, 3.05) is 27.2 Å². The number of benzene rings is 1. The van der Waals surface area contributed by atoms with Gasteiger partial charge in [0.25, 0.3) is 0 Å². The number of hydrogen-bond donors (Lipinski definition) is 2. The highest BCUT2D eigenvalue weighted by atomic mass is 16.2. The summed E-state index contributed by atoms with van der Waals surface area (Å²) >= 11 is 0. The zero-order valence-corrected chi connectivity index (χ0v) is 11.7. The molecule has 1 aliphatic rings. The van der Waals surface area contributed by atoms with Crippen LogP contribution in [0.5, 0.6) is 0 Å². The van der Waals surface area contributed by atoms with Crippen LogP contribution in [0.15, 0.2) is 30.3 Å². The molecule has 4 heteroatoms. The Balaban J connectivity index is 2.03. The predicted octanol–water partition coefficient (Wildman–Crippen LogP) is 1.16. The van der Waals surface area contributed by atoms with Crippen molar-refractivity contribution in [3.63, 3.8) is 0 Å². The van der Waals surface area contributed by atoms with Crippen molar-refractivity contribution in [2.24, 2.45) is 0 Å². The van der Waals surface area contributed by atoms with E-state index in [-0.39, 0.29) is 18.0 Å². The minimum atomic E-state index is -0.0200. The number of nitrogens with one attached hydrogen (secondary N) is 2. The van der Waals surface area contributed by atoms with Crippen LogP contribution in [0.1, 0.15) is 24.4 Å². The van der Waals surface area contributed by atoms with Gasteiger partial charge in [-0.15, -0.1) is 0 Å². The normalized spacial score (nSPS) is 20.5. The van der Waals surface area contributed by atoms with Gasteiger partial charge in [0.2, 0.25) is 5.91 Å². The summed E-state index contributed by atoms with van der Waals surface area (Å²) in [5, 5.41) is 6.40. The maximum Gasteiger partial charge on any atom is 0.237 e. The summed E-state index contributed by atoms with van der Waals surface area (Å²) in [6.45, 7) is 1.75. The molecule has 0 saturated carbocycles. The number of amides is 1. The van der Waals surface area contributed by atoms with E-state index in [1.54, 1.807) is 0 Å². The van der Waals surface area contributed by atoms with Gasteiger partial charge in [0, 0.05) is 6.54 Å². The highest BCUT2D eigenvalue weighted by Gasteiger charge is 2.24. The summed E-state index contributed by atoms with van der Waals surface area (Å²) in [4.78, 5) is 14.3. The first-order chi connectivity index (χ1) is 9.16. The summed E-state index contributed by atoms with van der Waals surface area (Å²) in [5.74, 6) is 0.119. The van der Waals surface area contributed by atoms with Crippen molar-refractivity contribution in [3.8, 4) is 0 Å². The molecule has 2 atom stereocenters. The molecule has 0 radical (unpaired) electrons. The van der Waals surface area contributed by atoms with Gasteiger partial charge in [0.05, 0.1) is 12.1 Å². The molecule has 104 valence electrons. The van der Waals surface area contributed by atoms with E-state index in [0.29, 0.717) is 0 Å². The Labute approximate surface area is 115 Å². The molecule has 19 heavy (non-hydrogen) atoms. The molecule has 1 saturated heterocycles. The van der Waals surface area contributed by atoms with Gasteiger partial charge >= 0.3 is 0 Å². The van der Waals surface area contributed by atoms with Crippen molar-refractivity contribution < 1.29 is 4.79 Å². The number of nitrogens with zero attached hydrogens (tertiary/aromatic N) is 1. The van der Waals surface area contributed by atoms with Crippen molar-refractivity contribution in [3.05, 3.63) is 35.9 Å². The van der Waals surface area contributed by atoms with Crippen molar-refractivity contribution in [1.29, 1.82) is 0 Å². The van der Waals surface area contributed by atoms with E-state index >= 15 is 0 Å². The van der Waals surface area contributed by atoms with E-state index in [1.165, 1.54) is 0 Å². The Morgan fingerprint density at radius 1 is 1.42 bits per heavy atom. The second-order valence-electron chi connectivity index (χ2n) is 5.38. The van der Waals surface area contributed by atoms with Gasteiger partial charge in [0.15, 0.2) is 0 Å². The molecule has 2 N–H and O–H groups in total. The van der Waals surface area contributed by atoms with E-state index in [9.17, 15) is 4.79 Å². The molecule has 4 nitrogen and oxygen atoms in total. The monoisotopic (exact) mass is 261 g/mol. The number of carbonyl (C=O) groups is 1. The summed E-state index contributed by atoms with van der Waals surface area (Å²) in [7, 11) is 4.05. The fourth-order valence-electron chi connectivity index (χ4n) is 2.47. The van der Waals surface area contributed by atoms with Gasteiger partial charge in [-0.3, -0.25) is 4.79 Å². The second-order valence-corrected chi connectivity index (χ2v) is 5.38. The molecular formula is C15H23N3O. The van der Waals surface area contributed by atoms with Gasteiger partial charge in [-0.2, -0.15) is 0 Å². The third-order valence-electron chi connectivity index (χ3n) is 3.44. The molecule has 2 rings (SSSR count). The maximum atomic E-state index is 12.2. The number of rotatable bonds is 5. The Kier molecular flexibility index (Phi) is 4.93. The number of hydrogen-bond acceptors (Lipinski definition) is 3. The Morgan fingerprint density at radius 2 is 2.16 bits per heavy atom. The van der Waals surface area contributed by atoms with Crippen LogP contribution in [-0.2, 0) is 4.79 Å². The fourth-order valence-corrected chi connectivity index (χ4v) is 2.47. The third kappa shape index (κ3) is 4.04. The van der Waals surface area contributed by atoms with Crippen molar-refractivity contribution >= 4 is 5.91 Å². The smallest absolute Gasteiger partial charge is 0.237 e. The molecule has 1 aliphatic heterocycles. The van der Waals surface area contributed by atoms with Crippen LogP contribution in [0.2, 0.25) is 0 Å². The lowest BCUT2D eigenvalue weighted by Gasteiger charge is -2.24. The van der Waals surface area contributed by atoms with Crippen LogP contribution in [0, 0.1) is 0 Å². The van der Waals surface area contributed by atoms with Gasteiger partial charge in [-0.1, -0.05) is 30.3 Å². The van der Waals surface area contributed by atoms with Gasteiger partial charge in [-0.25, -0.2) is 0 Å². The Morgan fingerprint density at radius 3 is 2.74 bits per heavy atom. The van der Waals surface area contributed by atoms with Gasteiger partial charge < -0.3 is 15.5 Å². The lowest BCUT2D eigenvalue weighted by molar-refractivity contribution is -0.123. The molecule has 1 aromatic carbocycles. The molecule has 0 bridgehead atoms. The first-order valence-electron chi connectivity index (χ1n) is 6.90. The molecule has 0 spiro atoms. The Bertz CT molecular complexity index is 399. The van der Waals surface area contributed by atoms with Gasteiger partial charge in [0.1, 0.15) is 0 Å². The minimum Gasteiger partial charge on any atom is -0.347 e. The van der Waals surface area contributed by atoms with E-state index in [1.807, 2.05) is 32.3 Å². The zero-order valence-electron chi connectivity index (χ0n) is 11.7. The molecule has 1 heterocycles. The first kappa shape index (κ1) is 14.0. The maximum absolute atomic E-state index is 12.2. The molecule has 0 aromatic heterocycles. The topological polar surface area (TPSA) is 44.4 Å². The molecule has 1 aromatic rings. The van der Waals surface area contributed by atoms with Gasteiger partial charge in [-0.05, 0) is 39.0 Å². The van der Waals surface area contributed by atoms with Crippen LogP contribution in [-0.4, -0.2) is 44.0 Å². The van der Waals surface area contributed by atoms with E-state index < -0.39 is 0 Å². The lowest BCUT2D eigenvalue weighted by atomic mass is 10.1. The summed E-state index contributed by atoms with van der Waals surface area (Å²) in [6.07, 6.45) is 2.02. The third-order valence-corrected chi connectivity index (χ3v) is 3.44. The van der Waals surface area contributed by atoms with Crippen molar-refractivity contribution in [2.45, 2.75) is 24.9 Å². The summed E-state index contributed by atoms with van der Waals surface area (Å²) in [5.41, 5.74) is 1.16. The Hall–Kier alpha value is -1.39. The van der Waals surface area contributed by atoms with E-state index in [2.05, 4.69) is 27.7 Å². The molecular weight excluding hydrogens is 238 g/mol. The predicted molar refractivity (Wildman–Crippen MR) is 76.9 cm³/mol.